The van der Waals surface area contributed by atoms with Crippen LogP contribution in [0.4, 0.5) is 11.6 Å². The molecule has 1 aromatic heterocycles. The smallest absolute Gasteiger partial charge is 0.134 e. The van der Waals surface area contributed by atoms with E-state index in [4.69, 9.17) is 4.74 Å². The highest BCUT2D eigenvalue weighted by Gasteiger charge is 2.13. The molecule has 5 nitrogen and oxygen atoms in total. The van der Waals surface area contributed by atoms with E-state index >= 15 is 0 Å². The lowest BCUT2D eigenvalue weighted by Gasteiger charge is -2.25. The van der Waals surface area contributed by atoms with Crippen molar-refractivity contribution in [2.24, 2.45) is 0 Å². The quantitative estimate of drug-likeness (QED) is 0.815. The zero-order valence-corrected chi connectivity index (χ0v) is 11.3. The monoisotopic (exact) mass is 238 g/mol. The zero-order valence-electron chi connectivity index (χ0n) is 11.3. The molecule has 1 heterocycles. The summed E-state index contributed by atoms with van der Waals surface area (Å²) in [6, 6.07) is 2.23. The van der Waals surface area contributed by atoms with E-state index < -0.39 is 0 Å². The Hall–Kier alpha value is -1.36. The Morgan fingerprint density at radius 2 is 2.18 bits per heavy atom. The fourth-order valence-electron chi connectivity index (χ4n) is 1.53. The number of hydrogen-bond donors (Lipinski definition) is 1. The first-order valence-electron chi connectivity index (χ1n) is 5.89. The Morgan fingerprint density at radius 1 is 1.47 bits per heavy atom. The van der Waals surface area contributed by atoms with Crippen molar-refractivity contribution in [3.05, 3.63) is 11.9 Å². The molecule has 1 rings (SSSR count). The van der Waals surface area contributed by atoms with Gasteiger partial charge in [-0.3, -0.25) is 0 Å². The molecule has 0 saturated heterocycles. The van der Waals surface area contributed by atoms with Crippen molar-refractivity contribution in [3.8, 4) is 0 Å². The van der Waals surface area contributed by atoms with Crippen molar-refractivity contribution in [1.29, 1.82) is 0 Å². The first-order chi connectivity index (χ1) is 8.12. The Bertz CT molecular complexity index is 334. The maximum absolute atomic E-state index is 5.16. The largest absolute Gasteiger partial charge is 0.383 e. The first-order valence-corrected chi connectivity index (χ1v) is 5.89. The number of methoxy groups -OCH3 is 1. The second-order valence-corrected chi connectivity index (χ2v) is 4.05. The Labute approximate surface area is 103 Å². The van der Waals surface area contributed by atoms with Gasteiger partial charge in [0, 0.05) is 33.7 Å². The number of nitrogens with zero attached hydrogens (tertiary/aromatic N) is 3. The standard InChI is InChI=1S/C12H22N4O/c1-6-10-14-11(13-3)7-12(15-10)16(4)9(2)8-17-5/h7,9H,6,8H2,1-5H3,(H,13,14,15). The molecule has 0 aromatic carbocycles. The van der Waals surface area contributed by atoms with Gasteiger partial charge in [0.25, 0.3) is 0 Å². The Kier molecular flexibility index (Phi) is 5.15. The molecular weight excluding hydrogens is 216 g/mol. The predicted octanol–water partition coefficient (Wildman–Crippen LogP) is 1.55. The van der Waals surface area contributed by atoms with Gasteiger partial charge in [-0.25, -0.2) is 9.97 Å². The molecule has 0 aliphatic heterocycles. The summed E-state index contributed by atoms with van der Waals surface area (Å²) < 4.78 is 5.16. The van der Waals surface area contributed by atoms with Gasteiger partial charge in [-0.1, -0.05) is 6.92 Å². The van der Waals surface area contributed by atoms with E-state index in [1.807, 2.05) is 20.2 Å². The molecule has 0 spiro atoms. The molecule has 0 fully saturated rings. The van der Waals surface area contributed by atoms with Gasteiger partial charge in [-0.2, -0.15) is 0 Å². The minimum Gasteiger partial charge on any atom is -0.383 e. The summed E-state index contributed by atoms with van der Waals surface area (Å²) in [5.74, 6) is 2.62. The maximum Gasteiger partial charge on any atom is 0.134 e. The molecule has 1 aromatic rings. The van der Waals surface area contributed by atoms with Gasteiger partial charge in [-0.15, -0.1) is 0 Å². The van der Waals surface area contributed by atoms with E-state index in [9.17, 15) is 0 Å². The summed E-state index contributed by atoms with van der Waals surface area (Å²) >= 11 is 0. The van der Waals surface area contributed by atoms with Crippen LogP contribution in [-0.2, 0) is 11.2 Å². The molecule has 0 radical (unpaired) electrons. The third kappa shape index (κ3) is 3.56. The molecule has 0 aliphatic rings. The predicted molar refractivity (Wildman–Crippen MR) is 70.7 cm³/mol. The SMILES string of the molecule is CCc1nc(NC)cc(N(C)C(C)COC)n1. The lowest BCUT2D eigenvalue weighted by atomic mass is 10.3. The van der Waals surface area contributed by atoms with Gasteiger partial charge in [0.05, 0.1) is 12.6 Å². The van der Waals surface area contributed by atoms with Gasteiger partial charge in [-0.05, 0) is 6.92 Å². The van der Waals surface area contributed by atoms with Gasteiger partial charge >= 0.3 is 0 Å². The van der Waals surface area contributed by atoms with Gasteiger partial charge in [0.15, 0.2) is 0 Å². The summed E-state index contributed by atoms with van der Waals surface area (Å²) in [5.41, 5.74) is 0. The van der Waals surface area contributed by atoms with Crippen molar-refractivity contribution in [2.75, 3.05) is 38.0 Å². The molecule has 96 valence electrons. The third-order valence-electron chi connectivity index (χ3n) is 2.76. The average Bonchev–Trinajstić information content (AvgIpc) is 2.37. The van der Waals surface area contributed by atoms with Crippen LogP contribution in [0.25, 0.3) is 0 Å². The summed E-state index contributed by atoms with van der Waals surface area (Å²) in [5, 5.41) is 3.06. The van der Waals surface area contributed by atoms with Crippen molar-refractivity contribution < 1.29 is 4.74 Å². The van der Waals surface area contributed by atoms with Gasteiger partial charge in [0.2, 0.25) is 0 Å². The molecule has 1 atom stereocenters. The first kappa shape index (κ1) is 13.7. The van der Waals surface area contributed by atoms with Crippen LogP contribution in [0.1, 0.15) is 19.7 Å². The highest BCUT2D eigenvalue weighted by Crippen LogP contribution is 2.17. The normalized spacial score (nSPS) is 12.3. The fraction of sp³-hybridized carbons (Fsp3) is 0.667. The van der Waals surface area contributed by atoms with Crippen molar-refractivity contribution in [1.82, 2.24) is 9.97 Å². The molecule has 1 unspecified atom stereocenters. The number of nitrogens with one attached hydrogen (secondary N) is 1. The van der Waals surface area contributed by atoms with Crippen LogP contribution in [0.3, 0.4) is 0 Å². The third-order valence-corrected chi connectivity index (χ3v) is 2.76. The van der Waals surface area contributed by atoms with Crippen LogP contribution in [0, 0.1) is 0 Å². The molecular formula is C12H22N4O. The van der Waals surface area contributed by atoms with Crippen LogP contribution in [-0.4, -0.2) is 43.8 Å². The Morgan fingerprint density at radius 3 is 2.71 bits per heavy atom. The van der Waals surface area contributed by atoms with Crippen LogP contribution in [0.5, 0.6) is 0 Å². The summed E-state index contributed by atoms with van der Waals surface area (Å²) in [4.78, 5) is 11.0. The number of anilines is 2. The van der Waals surface area contributed by atoms with Crippen molar-refractivity contribution in [3.63, 3.8) is 0 Å². The molecule has 0 saturated carbocycles. The summed E-state index contributed by atoms with van der Waals surface area (Å²) in [6.07, 6.45) is 0.828. The summed E-state index contributed by atoms with van der Waals surface area (Å²) in [6.45, 7) is 4.84. The average molecular weight is 238 g/mol. The molecule has 17 heavy (non-hydrogen) atoms. The topological polar surface area (TPSA) is 50.3 Å². The van der Waals surface area contributed by atoms with E-state index in [1.165, 1.54) is 0 Å². The number of rotatable bonds is 6. The molecule has 0 bridgehead atoms. The Balaban J connectivity index is 2.95. The molecule has 0 amide bonds. The van der Waals surface area contributed by atoms with Gasteiger partial charge in [0.1, 0.15) is 17.5 Å². The van der Waals surface area contributed by atoms with Gasteiger partial charge < -0.3 is 15.0 Å². The van der Waals surface area contributed by atoms with E-state index in [2.05, 4.69) is 34.0 Å². The van der Waals surface area contributed by atoms with Crippen molar-refractivity contribution >= 4 is 11.6 Å². The minimum absolute atomic E-state index is 0.282. The second-order valence-electron chi connectivity index (χ2n) is 4.05. The lowest BCUT2D eigenvalue weighted by Crippen LogP contribution is -2.33. The lowest BCUT2D eigenvalue weighted by molar-refractivity contribution is 0.183. The van der Waals surface area contributed by atoms with E-state index in [-0.39, 0.29) is 6.04 Å². The van der Waals surface area contributed by atoms with Crippen LogP contribution in [0.2, 0.25) is 0 Å². The minimum atomic E-state index is 0.282. The number of ether oxygens (including phenoxy) is 1. The zero-order chi connectivity index (χ0) is 12.8. The molecule has 1 N–H and O–H groups in total. The molecule has 5 heteroatoms. The van der Waals surface area contributed by atoms with E-state index in [0.29, 0.717) is 6.61 Å². The number of hydrogen-bond acceptors (Lipinski definition) is 5. The summed E-state index contributed by atoms with van der Waals surface area (Å²) in [7, 11) is 5.59. The second kappa shape index (κ2) is 6.39. The number of aromatic nitrogens is 2. The maximum atomic E-state index is 5.16. The van der Waals surface area contributed by atoms with Crippen molar-refractivity contribution in [2.45, 2.75) is 26.3 Å². The van der Waals surface area contributed by atoms with Crippen LogP contribution in [0.15, 0.2) is 6.07 Å². The highest BCUT2D eigenvalue weighted by atomic mass is 16.5. The number of likely N-dealkylation sites (N-methyl/N-ethyl adjacent to an activating group) is 1. The molecule has 0 aliphatic carbocycles. The van der Waals surface area contributed by atoms with E-state index in [0.717, 1.165) is 23.9 Å². The fourth-order valence-corrected chi connectivity index (χ4v) is 1.53. The van der Waals surface area contributed by atoms with E-state index in [1.54, 1.807) is 7.11 Å². The number of aryl methyl sites for hydroxylation is 1. The highest BCUT2D eigenvalue weighted by molar-refractivity contribution is 5.49. The van der Waals surface area contributed by atoms with Crippen LogP contribution < -0.4 is 10.2 Å². The van der Waals surface area contributed by atoms with Crippen LogP contribution >= 0.6 is 0 Å².